The Bertz CT molecular complexity index is 390. The highest BCUT2D eigenvalue weighted by Gasteiger charge is 2.23. The standard InChI is InChI=1S/C15H24N2/c1-15(2,3)17-10-12-8-4-6-11-7-5-9-13(16)14(11)12/h5,7,9,12,17H,4,6,8,10,16H2,1-3H3. The summed E-state index contributed by atoms with van der Waals surface area (Å²) >= 11 is 0. The van der Waals surface area contributed by atoms with Gasteiger partial charge in [-0.05, 0) is 63.1 Å². The summed E-state index contributed by atoms with van der Waals surface area (Å²) in [6.07, 6.45) is 3.73. The van der Waals surface area contributed by atoms with Gasteiger partial charge in [0, 0.05) is 17.8 Å². The van der Waals surface area contributed by atoms with Crippen LogP contribution in [0, 0.1) is 0 Å². The summed E-state index contributed by atoms with van der Waals surface area (Å²) in [5.74, 6) is 0.583. The van der Waals surface area contributed by atoms with Gasteiger partial charge in [-0.25, -0.2) is 0 Å². The average molecular weight is 232 g/mol. The Morgan fingerprint density at radius 2 is 2.12 bits per heavy atom. The lowest BCUT2D eigenvalue weighted by Crippen LogP contribution is -2.39. The fourth-order valence-electron chi connectivity index (χ4n) is 2.67. The van der Waals surface area contributed by atoms with Crippen LogP contribution in [0.4, 0.5) is 5.69 Å². The molecule has 0 spiro atoms. The Balaban J connectivity index is 2.17. The van der Waals surface area contributed by atoms with Crippen LogP contribution in [0.1, 0.15) is 50.7 Å². The molecule has 0 aliphatic heterocycles. The third kappa shape index (κ3) is 3.01. The third-order valence-electron chi connectivity index (χ3n) is 3.52. The Labute approximate surface area is 105 Å². The minimum atomic E-state index is 0.182. The third-order valence-corrected chi connectivity index (χ3v) is 3.52. The van der Waals surface area contributed by atoms with Crippen LogP contribution in [0.2, 0.25) is 0 Å². The lowest BCUT2D eigenvalue weighted by Gasteiger charge is -2.30. The zero-order chi connectivity index (χ0) is 12.5. The van der Waals surface area contributed by atoms with E-state index in [-0.39, 0.29) is 5.54 Å². The van der Waals surface area contributed by atoms with E-state index in [2.05, 4.69) is 38.2 Å². The van der Waals surface area contributed by atoms with Crippen LogP contribution in [-0.4, -0.2) is 12.1 Å². The molecule has 0 amide bonds. The summed E-state index contributed by atoms with van der Waals surface area (Å²) < 4.78 is 0. The Morgan fingerprint density at radius 3 is 2.82 bits per heavy atom. The van der Waals surface area contributed by atoms with Crippen molar-refractivity contribution in [1.82, 2.24) is 5.32 Å². The number of hydrogen-bond acceptors (Lipinski definition) is 2. The van der Waals surface area contributed by atoms with Gasteiger partial charge in [0.2, 0.25) is 0 Å². The number of nitrogens with one attached hydrogen (secondary N) is 1. The maximum Gasteiger partial charge on any atom is 0.0352 e. The zero-order valence-electron chi connectivity index (χ0n) is 11.2. The van der Waals surface area contributed by atoms with Crippen molar-refractivity contribution in [2.45, 2.75) is 51.5 Å². The highest BCUT2D eigenvalue weighted by molar-refractivity contribution is 5.54. The number of hydrogen-bond donors (Lipinski definition) is 2. The monoisotopic (exact) mass is 232 g/mol. The van der Waals surface area contributed by atoms with Crippen molar-refractivity contribution in [3.8, 4) is 0 Å². The normalized spacial score (nSPS) is 20.1. The molecule has 1 aromatic carbocycles. The molecule has 17 heavy (non-hydrogen) atoms. The molecule has 2 nitrogen and oxygen atoms in total. The molecule has 94 valence electrons. The van der Waals surface area contributed by atoms with Crippen LogP contribution in [0.25, 0.3) is 0 Å². The number of anilines is 1. The molecule has 0 saturated heterocycles. The van der Waals surface area contributed by atoms with E-state index < -0.39 is 0 Å². The molecule has 0 saturated carbocycles. The Kier molecular flexibility index (Phi) is 3.43. The van der Waals surface area contributed by atoms with Gasteiger partial charge in [0.25, 0.3) is 0 Å². The second-order valence-electron chi connectivity index (χ2n) is 6.14. The zero-order valence-corrected chi connectivity index (χ0v) is 11.2. The van der Waals surface area contributed by atoms with Crippen LogP contribution in [0.15, 0.2) is 18.2 Å². The minimum Gasteiger partial charge on any atom is -0.398 e. The molecule has 1 unspecified atom stereocenters. The van der Waals surface area contributed by atoms with Crippen LogP contribution in [0.5, 0.6) is 0 Å². The molecule has 1 aliphatic rings. The van der Waals surface area contributed by atoms with Crippen molar-refractivity contribution in [1.29, 1.82) is 0 Å². The predicted octanol–water partition coefficient (Wildman–Crippen LogP) is 3.08. The summed E-state index contributed by atoms with van der Waals surface area (Å²) in [6.45, 7) is 7.67. The van der Waals surface area contributed by atoms with Crippen molar-refractivity contribution >= 4 is 5.69 Å². The van der Waals surface area contributed by atoms with Gasteiger partial charge in [-0.3, -0.25) is 0 Å². The first-order valence-corrected chi connectivity index (χ1v) is 6.59. The lowest BCUT2D eigenvalue weighted by atomic mass is 9.81. The molecule has 0 radical (unpaired) electrons. The average Bonchev–Trinajstić information content (AvgIpc) is 2.25. The highest BCUT2D eigenvalue weighted by Crippen LogP contribution is 2.35. The molecule has 0 aromatic heterocycles. The van der Waals surface area contributed by atoms with Gasteiger partial charge in [0.15, 0.2) is 0 Å². The summed E-state index contributed by atoms with van der Waals surface area (Å²) in [6, 6.07) is 6.34. The number of aryl methyl sites for hydroxylation is 1. The number of rotatable bonds is 2. The van der Waals surface area contributed by atoms with E-state index in [9.17, 15) is 0 Å². The van der Waals surface area contributed by atoms with Crippen molar-refractivity contribution in [2.75, 3.05) is 12.3 Å². The maximum atomic E-state index is 6.14. The first-order chi connectivity index (χ1) is 7.97. The molecule has 1 aliphatic carbocycles. The molecule has 0 bridgehead atoms. The number of nitrogens with two attached hydrogens (primary N) is 1. The fourth-order valence-corrected chi connectivity index (χ4v) is 2.67. The predicted molar refractivity (Wildman–Crippen MR) is 74.3 cm³/mol. The Morgan fingerprint density at radius 1 is 1.35 bits per heavy atom. The van der Waals surface area contributed by atoms with Crippen molar-refractivity contribution < 1.29 is 0 Å². The van der Waals surface area contributed by atoms with E-state index in [1.165, 1.54) is 30.4 Å². The number of fused-ring (bicyclic) bond motifs is 1. The number of benzene rings is 1. The Hall–Kier alpha value is -1.02. The quantitative estimate of drug-likeness (QED) is 0.769. The van der Waals surface area contributed by atoms with Gasteiger partial charge >= 0.3 is 0 Å². The van der Waals surface area contributed by atoms with Crippen molar-refractivity contribution in [3.05, 3.63) is 29.3 Å². The smallest absolute Gasteiger partial charge is 0.0352 e. The van der Waals surface area contributed by atoms with Crippen molar-refractivity contribution in [3.63, 3.8) is 0 Å². The molecule has 0 heterocycles. The molecule has 0 fully saturated rings. The van der Waals surface area contributed by atoms with Crippen LogP contribution >= 0.6 is 0 Å². The largest absolute Gasteiger partial charge is 0.398 e. The SMILES string of the molecule is CC(C)(C)NCC1CCCc2cccc(N)c21. The van der Waals surface area contributed by atoms with E-state index in [0.717, 1.165) is 12.2 Å². The minimum absolute atomic E-state index is 0.182. The van der Waals surface area contributed by atoms with Gasteiger partial charge in [-0.15, -0.1) is 0 Å². The molecule has 2 heteroatoms. The van der Waals surface area contributed by atoms with E-state index in [1.54, 1.807) is 0 Å². The van der Waals surface area contributed by atoms with E-state index in [4.69, 9.17) is 5.73 Å². The van der Waals surface area contributed by atoms with Crippen molar-refractivity contribution in [2.24, 2.45) is 0 Å². The first kappa shape index (κ1) is 12.4. The van der Waals surface area contributed by atoms with Gasteiger partial charge < -0.3 is 11.1 Å². The van der Waals surface area contributed by atoms with Crippen LogP contribution < -0.4 is 11.1 Å². The summed E-state index contributed by atoms with van der Waals surface area (Å²) in [5.41, 5.74) is 10.2. The fraction of sp³-hybridized carbons (Fsp3) is 0.600. The lowest BCUT2D eigenvalue weighted by molar-refractivity contribution is 0.390. The van der Waals surface area contributed by atoms with Crippen LogP contribution in [0.3, 0.4) is 0 Å². The number of nitrogen functional groups attached to an aromatic ring is 1. The molecule has 3 N–H and O–H groups in total. The highest BCUT2D eigenvalue weighted by atomic mass is 14.9. The molecular formula is C15H24N2. The molecular weight excluding hydrogens is 208 g/mol. The van der Waals surface area contributed by atoms with E-state index in [0.29, 0.717) is 5.92 Å². The molecule has 1 atom stereocenters. The molecule has 1 aromatic rings. The maximum absolute atomic E-state index is 6.14. The summed E-state index contributed by atoms with van der Waals surface area (Å²) in [4.78, 5) is 0. The van der Waals surface area contributed by atoms with Gasteiger partial charge in [-0.1, -0.05) is 12.1 Å². The second kappa shape index (κ2) is 4.69. The van der Waals surface area contributed by atoms with Gasteiger partial charge in [-0.2, -0.15) is 0 Å². The van der Waals surface area contributed by atoms with E-state index in [1.807, 2.05) is 6.07 Å². The van der Waals surface area contributed by atoms with Gasteiger partial charge in [0.1, 0.15) is 0 Å². The topological polar surface area (TPSA) is 38.0 Å². The van der Waals surface area contributed by atoms with Crippen LogP contribution in [-0.2, 0) is 6.42 Å². The van der Waals surface area contributed by atoms with E-state index >= 15 is 0 Å². The first-order valence-electron chi connectivity index (χ1n) is 6.59. The molecule has 2 rings (SSSR count). The second-order valence-corrected chi connectivity index (χ2v) is 6.14. The van der Waals surface area contributed by atoms with Gasteiger partial charge in [0.05, 0.1) is 0 Å². The summed E-state index contributed by atoms with van der Waals surface area (Å²) in [7, 11) is 0. The summed E-state index contributed by atoms with van der Waals surface area (Å²) in [5, 5.41) is 3.60.